The zero-order valence-electron chi connectivity index (χ0n) is 18.7. The van der Waals surface area contributed by atoms with Gasteiger partial charge in [-0.1, -0.05) is 6.92 Å². The number of carbonyl (C=O) groups excluding carboxylic acids is 1. The van der Waals surface area contributed by atoms with Crippen molar-refractivity contribution in [2.75, 3.05) is 0 Å². The number of nitrogens with zero attached hydrogens (tertiary/aromatic N) is 6. The Bertz CT molecular complexity index is 1290. The topological polar surface area (TPSA) is 90.0 Å². The Morgan fingerprint density at radius 1 is 1.19 bits per heavy atom. The van der Waals surface area contributed by atoms with E-state index in [-0.39, 0.29) is 5.91 Å². The molecule has 8 nitrogen and oxygen atoms in total. The van der Waals surface area contributed by atoms with Crippen molar-refractivity contribution in [2.45, 2.75) is 59.5 Å². The molecular formula is C24H27N7O. The summed E-state index contributed by atoms with van der Waals surface area (Å²) in [6.45, 7) is 7.26. The van der Waals surface area contributed by atoms with Gasteiger partial charge in [-0.05, 0) is 63.3 Å². The van der Waals surface area contributed by atoms with Crippen LogP contribution in [0.3, 0.4) is 0 Å². The van der Waals surface area contributed by atoms with Crippen molar-refractivity contribution >= 4 is 11.7 Å². The van der Waals surface area contributed by atoms with E-state index < -0.39 is 0 Å². The second-order valence-electron chi connectivity index (χ2n) is 8.38. The summed E-state index contributed by atoms with van der Waals surface area (Å²) in [7, 11) is 0. The monoisotopic (exact) mass is 429 g/mol. The minimum Gasteiger partial charge on any atom is -0.345 e. The van der Waals surface area contributed by atoms with Gasteiger partial charge in [0.25, 0.3) is 5.91 Å². The summed E-state index contributed by atoms with van der Waals surface area (Å²) in [4.78, 5) is 26.6. The highest BCUT2D eigenvalue weighted by Gasteiger charge is 2.19. The minimum absolute atomic E-state index is 0.174. The Morgan fingerprint density at radius 3 is 2.84 bits per heavy atom. The lowest BCUT2D eigenvalue weighted by atomic mass is 10.1. The SMILES string of the molecule is CCc1nc2ncc(C)cn2c1C(=O)NCc1ccc(-c2cc3n(n2)CCCC3)c(C)n1. The second-order valence-corrected chi connectivity index (χ2v) is 8.38. The molecule has 0 bridgehead atoms. The van der Waals surface area contributed by atoms with Crippen molar-refractivity contribution in [3.8, 4) is 11.3 Å². The van der Waals surface area contributed by atoms with Crippen LogP contribution in [0.4, 0.5) is 0 Å². The maximum Gasteiger partial charge on any atom is 0.270 e. The number of hydrogen-bond acceptors (Lipinski definition) is 5. The average molecular weight is 430 g/mol. The molecule has 0 unspecified atom stereocenters. The third kappa shape index (κ3) is 3.66. The van der Waals surface area contributed by atoms with E-state index in [0.29, 0.717) is 24.4 Å². The van der Waals surface area contributed by atoms with Crippen LogP contribution >= 0.6 is 0 Å². The molecule has 1 aliphatic rings. The zero-order valence-corrected chi connectivity index (χ0v) is 18.7. The van der Waals surface area contributed by atoms with E-state index in [1.807, 2.05) is 33.0 Å². The summed E-state index contributed by atoms with van der Waals surface area (Å²) in [6.07, 6.45) is 7.81. The maximum absolute atomic E-state index is 13.0. The summed E-state index contributed by atoms with van der Waals surface area (Å²) in [6, 6.07) is 6.19. The van der Waals surface area contributed by atoms with E-state index in [4.69, 9.17) is 10.1 Å². The molecule has 4 aromatic heterocycles. The first-order valence-corrected chi connectivity index (χ1v) is 11.2. The Labute approximate surface area is 186 Å². The molecule has 8 heteroatoms. The van der Waals surface area contributed by atoms with E-state index in [2.05, 4.69) is 32.1 Å². The Kier molecular flexibility index (Phi) is 5.20. The first-order valence-electron chi connectivity index (χ1n) is 11.2. The molecule has 0 saturated heterocycles. The maximum atomic E-state index is 13.0. The van der Waals surface area contributed by atoms with Gasteiger partial charge in [0.15, 0.2) is 0 Å². The van der Waals surface area contributed by atoms with Crippen LogP contribution in [0.1, 0.15) is 58.6 Å². The second kappa shape index (κ2) is 8.18. The van der Waals surface area contributed by atoms with Crippen LogP contribution in [0.5, 0.6) is 0 Å². The summed E-state index contributed by atoms with van der Waals surface area (Å²) in [5.74, 6) is 0.366. The number of pyridine rings is 1. The lowest BCUT2D eigenvalue weighted by Gasteiger charge is -2.11. The highest BCUT2D eigenvalue weighted by molar-refractivity contribution is 5.94. The lowest BCUT2D eigenvalue weighted by molar-refractivity contribution is 0.0943. The van der Waals surface area contributed by atoms with Gasteiger partial charge in [-0.2, -0.15) is 5.10 Å². The fourth-order valence-corrected chi connectivity index (χ4v) is 4.35. The van der Waals surface area contributed by atoms with Crippen molar-refractivity contribution < 1.29 is 4.79 Å². The smallest absolute Gasteiger partial charge is 0.270 e. The van der Waals surface area contributed by atoms with E-state index in [9.17, 15) is 4.79 Å². The Morgan fingerprint density at radius 2 is 2.06 bits per heavy atom. The molecule has 0 atom stereocenters. The molecule has 164 valence electrons. The summed E-state index contributed by atoms with van der Waals surface area (Å²) >= 11 is 0. The van der Waals surface area contributed by atoms with E-state index in [1.54, 1.807) is 10.6 Å². The third-order valence-corrected chi connectivity index (χ3v) is 6.00. The number of imidazole rings is 1. The normalized spacial score (nSPS) is 13.3. The van der Waals surface area contributed by atoms with Crippen molar-refractivity contribution in [3.05, 3.63) is 64.6 Å². The van der Waals surface area contributed by atoms with E-state index in [0.717, 1.165) is 46.9 Å². The predicted octanol–water partition coefficient (Wildman–Crippen LogP) is 3.43. The van der Waals surface area contributed by atoms with E-state index >= 15 is 0 Å². The largest absolute Gasteiger partial charge is 0.345 e. The molecule has 0 aliphatic carbocycles. The number of aryl methyl sites for hydroxylation is 5. The van der Waals surface area contributed by atoms with Crippen molar-refractivity contribution in [2.24, 2.45) is 0 Å². The molecule has 1 N–H and O–H groups in total. The molecule has 0 fully saturated rings. The van der Waals surface area contributed by atoms with Crippen LogP contribution in [-0.2, 0) is 25.9 Å². The number of carbonyl (C=O) groups is 1. The van der Waals surface area contributed by atoms with Crippen molar-refractivity contribution in [1.82, 2.24) is 34.4 Å². The molecule has 0 spiro atoms. The van der Waals surface area contributed by atoms with Gasteiger partial charge in [0.2, 0.25) is 5.78 Å². The van der Waals surface area contributed by atoms with Gasteiger partial charge in [-0.25, -0.2) is 9.97 Å². The molecule has 0 radical (unpaired) electrons. The third-order valence-electron chi connectivity index (χ3n) is 6.00. The van der Waals surface area contributed by atoms with Gasteiger partial charge in [-0.3, -0.25) is 18.9 Å². The first kappa shape index (κ1) is 20.4. The fourth-order valence-electron chi connectivity index (χ4n) is 4.35. The number of hydrogen-bond donors (Lipinski definition) is 1. The zero-order chi connectivity index (χ0) is 22.2. The van der Waals surface area contributed by atoms with Gasteiger partial charge < -0.3 is 5.32 Å². The molecule has 32 heavy (non-hydrogen) atoms. The van der Waals surface area contributed by atoms with Crippen LogP contribution in [-0.4, -0.2) is 35.0 Å². The van der Waals surface area contributed by atoms with Crippen LogP contribution < -0.4 is 5.32 Å². The fraction of sp³-hybridized carbons (Fsp3) is 0.375. The van der Waals surface area contributed by atoms with Gasteiger partial charge in [0, 0.05) is 35.9 Å². The highest BCUT2D eigenvalue weighted by Crippen LogP contribution is 2.25. The molecular weight excluding hydrogens is 402 g/mol. The van der Waals surface area contributed by atoms with Gasteiger partial charge in [0.05, 0.1) is 23.6 Å². The molecule has 1 amide bonds. The summed E-state index contributed by atoms with van der Waals surface area (Å²) in [5, 5.41) is 7.77. The number of fused-ring (bicyclic) bond motifs is 2. The number of amides is 1. The van der Waals surface area contributed by atoms with Gasteiger partial charge in [-0.15, -0.1) is 0 Å². The molecule has 4 aromatic rings. The van der Waals surface area contributed by atoms with E-state index in [1.165, 1.54) is 18.5 Å². The molecule has 0 saturated carbocycles. The van der Waals surface area contributed by atoms with Crippen LogP contribution in [0, 0.1) is 13.8 Å². The van der Waals surface area contributed by atoms with Crippen LogP contribution in [0.2, 0.25) is 0 Å². The summed E-state index contributed by atoms with van der Waals surface area (Å²) < 4.78 is 3.88. The lowest BCUT2D eigenvalue weighted by Crippen LogP contribution is -2.26. The van der Waals surface area contributed by atoms with Gasteiger partial charge in [0.1, 0.15) is 5.69 Å². The quantitative estimate of drug-likeness (QED) is 0.525. The van der Waals surface area contributed by atoms with Crippen LogP contribution in [0.15, 0.2) is 30.6 Å². The molecule has 0 aromatic carbocycles. The average Bonchev–Trinajstić information content (AvgIpc) is 3.38. The van der Waals surface area contributed by atoms with Crippen LogP contribution in [0.25, 0.3) is 17.0 Å². The number of rotatable bonds is 5. The van der Waals surface area contributed by atoms with Crippen molar-refractivity contribution in [1.29, 1.82) is 0 Å². The predicted molar refractivity (Wildman–Crippen MR) is 121 cm³/mol. The van der Waals surface area contributed by atoms with Gasteiger partial charge >= 0.3 is 0 Å². The first-order chi connectivity index (χ1) is 15.5. The number of aromatic nitrogens is 6. The molecule has 1 aliphatic heterocycles. The molecule has 5 heterocycles. The highest BCUT2D eigenvalue weighted by atomic mass is 16.2. The van der Waals surface area contributed by atoms with Crippen molar-refractivity contribution in [3.63, 3.8) is 0 Å². The minimum atomic E-state index is -0.174. The standard InChI is InChI=1S/C24H27N7O/c1-4-20-22(30-14-15(2)12-26-24(30)28-20)23(32)25-13-17-8-9-19(16(3)27-17)21-11-18-7-5-6-10-31(18)29-21/h8-9,11-12,14H,4-7,10,13H2,1-3H3,(H,25,32). The summed E-state index contributed by atoms with van der Waals surface area (Å²) in [5.41, 5.74) is 7.29. The Hall–Kier alpha value is -3.55. The number of nitrogens with one attached hydrogen (secondary N) is 1. The Balaban J connectivity index is 1.35. The molecule has 5 rings (SSSR count).